The van der Waals surface area contributed by atoms with Gasteiger partial charge in [-0.1, -0.05) is 19.1 Å². The summed E-state index contributed by atoms with van der Waals surface area (Å²) >= 11 is 1.65. The number of nitrogens with one attached hydrogen (secondary N) is 1. The van der Waals surface area contributed by atoms with Crippen molar-refractivity contribution in [2.75, 3.05) is 24.3 Å². The Labute approximate surface area is 182 Å². The number of nitrogens with zero attached hydrogens (tertiary/aromatic N) is 2. The number of fused-ring (bicyclic) bond motifs is 1. The van der Waals surface area contributed by atoms with Crippen molar-refractivity contribution in [2.24, 2.45) is 0 Å². The van der Waals surface area contributed by atoms with Gasteiger partial charge in [-0.25, -0.2) is 4.68 Å². The molecule has 0 aliphatic carbocycles. The summed E-state index contributed by atoms with van der Waals surface area (Å²) in [6.07, 6.45) is 2.75. The van der Waals surface area contributed by atoms with Crippen molar-refractivity contribution in [3.8, 4) is 5.75 Å². The Balaban J connectivity index is 1.69. The van der Waals surface area contributed by atoms with Gasteiger partial charge in [0.25, 0.3) is 0 Å². The number of thioether (sulfide) groups is 1. The van der Waals surface area contributed by atoms with Crippen LogP contribution in [0.3, 0.4) is 0 Å². The highest BCUT2D eigenvalue weighted by Crippen LogP contribution is 2.45. The van der Waals surface area contributed by atoms with Crippen LogP contribution in [0.25, 0.3) is 0 Å². The molecule has 2 aromatic rings. The Morgan fingerprint density at radius 1 is 1.33 bits per heavy atom. The number of amides is 1. The second kappa shape index (κ2) is 8.63. The first-order chi connectivity index (χ1) is 14.4. The van der Waals surface area contributed by atoms with Crippen LogP contribution < -0.4 is 10.1 Å². The number of benzene rings is 1. The molecule has 30 heavy (non-hydrogen) atoms. The molecule has 4 rings (SSSR count). The lowest BCUT2D eigenvalue weighted by atomic mass is 9.94. The summed E-state index contributed by atoms with van der Waals surface area (Å²) in [5, 5.41) is 8.11. The van der Waals surface area contributed by atoms with E-state index < -0.39 is 0 Å². The Kier molecular flexibility index (Phi) is 6.11. The molecule has 2 aliphatic heterocycles. The number of carbonyl (C=O) groups is 1. The first-order valence-electron chi connectivity index (χ1n) is 10.7. The first kappa shape index (κ1) is 21.2. The zero-order valence-corrected chi connectivity index (χ0v) is 19.1. The van der Waals surface area contributed by atoms with Crippen molar-refractivity contribution in [3.63, 3.8) is 0 Å². The minimum absolute atomic E-state index is 0.0270. The van der Waals surface area contributed by atoms with Gasteiger partial charge in [0.05, 0.1) is 34.9 Å². The SMILES string of the molecule is CCCOc1ccc([C@H]2SCC(=O)Nc3c2c(C)nn3[C@H]2CCOC(C)(C)C2)cc1. The fourth-order valence-corrected chi connectivity index (χ4v) is 5.49. The third kappa shape index (κ3) is 4.37. The molecule has 3 heterocycles. The molecule has 1 aromatic carbocycles. The molecule has 1 amide bonds. The van der Waals surface area contributed by atoms with Gasteiger partial charge in [0, 0.05) is 12.2 Å². The zero-order chi connectivity index (χ0) is 21.3. The summed E-state index contributed by atoms with van der Waals surface area (Å²) in [7, 11) is 0. The molecule has 0 saturated carbocycles. The van der Waals surface area contributed by atoms with Crippen LogP contribution in [-0.2, 0) is 9.53 Å². The Morgan fingerprint density at radius 3 is 2.80 bits per heavy atom. The maximum atomic E-state index is 12.5. The molecule has 1 fully saturated rings. The van der Waals surface area contributed by atoms with Gasteiger partial charge in [-0.3, -0.25) is 4.79 Å². The Bertz CT molecular complexity index is 907. The van der Waals surface area contributed by atoms with Gasteiger partial charge < -0.3 is 14.8 Å². The molecule has 6 nitrogen and oxygen atoms in total. The number of rotatable bonds is 5. The molecular weight excluding hydrogens is 398 g/mol. The largest absolute Gasteiger partial charge is 0.494 e. The number of anilines is 1. The summed E-state index contributed by atoms with van der Waals surface area (Å²) in [4.78, 5) is 12.5. The molecule has 1 aromatic heterocycles. The lowest BCUT2D eigenvalue weighted by Crippen LogP contribution is -2.36. The molecule has 2 aliphatic rings. The fraction of sp³-hybridized carbons (Fsp3) is 0.565. The monoisotopic (exact) mass is 429 g/mol. The maximum absolute atomic E-state index is 12.5. The van der Waals surface area contributed by atoms with E-state index in [1.54, 1.807) is 11.8 Å². The maximum Gasteiger partial charge on any atom is 0.235 e. The van der Waals surface area contributed by atoms with Crippen LogP contribution in [-0.4, -0.2) is 40.3 Å². The van der Waals surface area contributed by atoms with Crippen molar-refractivity contribution in [2.45, 2.75) is 63.9 Å². The summed E-state index contributed by atoms with van der Waals surface area (Å²) < 4.78 is 13.7. The quantitative estimate of drug-likeness (QED) is 0.733. The second-order valence-electron chi connectivity index (χ2n) is 8.70. The van der Waals surface area contributed by atoms with Gasteiger partial charge in [-0.15, -0.1) is 11.8 Å². The predicted octanol–water partition coefficient (Wildman–Crippen LogP) is 4.89. The minimum atomic E-state index is -0.188. The topological polar surface area (TPSA) is 65.4 Å². The highest BCUT2D eigenvalue weighted by Gasteiger charge is 2.36. The smallest absolute Gasteiger partial charge is 0.235 e. The number of hydrogen-bond donors (Lipinski definition) is 1. The molecule has 1 N–H and O–H groups in total. The second-order valence-corrected chi connectivity index (χ2v) is 9.80. The van der Waals surface area contributed by atoms with Crippen LogP contribution in [0.2, 0.25) is 0 Å². The third-order valence-corrected chi connectivity index (χ3v) is 6.98. The van der Waals surface area contributed by atoms with Gasteiger partial charge >= 0.3 is 0 Å². The molecule has 0 spiro atoms. The summed E-state index contributed by atoms with van der Waals surface area (Å²) in [6.45, 7) is 9.80. The van der Waals surface area contributed by atoms with Crippen molar-refractivity contribution in [1.82, 2.24) is 9.78 Å². The highest BCUT2D eigenvalue weighted by atomic mass is 32.2. The van der Waals surface area contributed by atoms with Crippen molar-refractivity contribution < 1.29 is 14.3 Å². The molecule has 2 atom stereocenters. The summed E-state index contributed by atoms with van der Waals surface area (Å²) in [5.41, 5.74) is 3.06. The van der Waals surface area contributed by atoms with Crippen LogP contribution in [0.4, 0.5) is 5.82 Å². The van der Waals surface area contributed by atoms with E-state index in [2.05, 4.69) is 38.2 Å². The molecule has 162 valence electrons. The summed E-state index contributed by atoms with van der Waals surface area (Å²) in [5.74, 6) is 2.18. The van der Waals surface area contributed by atoms with E-state index in [4.69, 9.17) is 14.6 Å². The predicted molar refractivity (Wildman–Crippen MR) is 120 cm³/mol. The molecule has 0 radical (unpaired) electrons. The average molecular weight is 430 g/mol. The van der Waals surface area contributed by atoms with Gasteiger partial charge in [-0.05, 0) is 57.7 Å². The number of ether oxygens (including phenoxy) is 2. The van der Waals surface area contributed by atoms with E-state index in [0.29, 0.717) is 19.0 Å². The van der Waals surface area contributed by atoms with Gasteiger partial charge in [0.2, 0.25) is 5.91 Å². The van der Waals surface area contributed by atoms with Crippen LogP contribution in [0.15, 0.2) is 24.3 Å². The van der Waals surface area contributed by atoms with Crippen LogP contribution in [0.1, 0.15) is 68.1 Å². The molecule has 7 heteroatoms. The standard InChI is InChI=1S/C23H31N3O3S/c1-5-11-28-18-8-6-16(7-9-18)21-20-15(2)25-26(22(20)24-19(27)14-30-21)17-10-12-29-23(3,4)13-17/h6-9,17,21H,5,10-14H2,1-4H3,(H,24,27)/t17-,21+/m0/s1. The first-order valence-corrected chi connectivity index (χ1v) is 11.8. The number of carbonyl (C=O) groups excluding carboxylic acids is 1. The van der Waals surface area contributed by atoms with E-state index in [9.17, 15) is 4.79 Å². The lowest BCUT2D eigenvalue weighted by molar-refractivity contribution is -0.113. The lowest BCUT2D eigenvalue weighted by Gasteiger charge is -2.36. The van der Waals surface area contributed by atoms with E-state index in [0.717, 1.165) is 47.7 Å². The van der Waals surface area contributed by atoms with E-state index in [1.165, 1.54) is 0 Å². The fourth-order valence-electron chi connectivity index (χ4n) is 4.30. The molecule has 1 saturated heterocycles. The van der Waals surface area contributed by atoms with E-state index in [1.807, 2.05) is 23.7 Å². The third-order valence-electron chi connectivity index (χ3n) is 5.71. The normalized spacial score (nSPS) is 23.4. The zero-order valence-electron chi connectivity index (χ0n) is 18.2. The van der Waals surface area contributed by atoms with Crippen molar-refractivity contribution in [1.29, 1.82) is 0 Å². The number of aromatic nitrogens is 2. The number of hydrogen-bond acceptors (Lipinski definition) is 5. The Hall–Kier alpha value is -1.99. The van der Waals surface area contributed by atoms with Crippen molar-refractivity contribution >= 4 is 23.5 Å². The molecule has 0 unspecified atom stereocenters. The van der Waals surface area contributed by atoms with Crippen molar-refractivity contribution in [3.05, 3.63) is 41.1 Å². The minimum Gasteiger partial charge on any atom is -0.494 e. The van der Waals surface area contributed by atoms with E-state index >= 15 is 0 Å². The van der Waals surface area contributed by atoms with Gasteiger partial charge in [0.15, 0.2) is 0 Å². The van der Waals surface area contributed by atoms with E-state index in [-0.39, 0.29) is 22.8 Å². The molecule has 0 bridgehead atoms. The van der Waals surface area contributed by atoms with Gasteiger partial charge in [0.1, 0.15) is 11.6 Å². The van der Waals surface area contributed by atoms with Gasteiger partial charge in [-0.2, -0.15) is 5.10 Å². The van der Waals surface area contributed by atoms with Crippen LogP contribution >= 0.6 is 11.8 Å². The molecular formula is C23H31N3O3S. The summed E-state index contributed by atoms with van der Waals surface area (Å²) in [6, 6.07) is 8.47. The van der Waals surface area contributed by atoms with Crippen LogP contribution in [0.5, 0.6) is 5.75 Å². The Morgan fingerprint density at radius 2 is 2.10 bits per heavy atom. The average Bonchev–Trinajstić information content (AvgIpc) is 2.91. The number of aryl methyl sites for hydroxylation is 1. The highest BCUT2D eigenvalue weighted by molar-refractivity contribution is 8.00. The van der Waals surface area contributed by atoms with Crippen LogP contribution in [0, 0.1) is 6.92 Å².